The van der Waals surface area contributed by atoms with Gasteiger partial charge in [0.1, 0.15) is 11.4 Å². The first-order valence-corrected chi connectivity index (χ1v) is 14.0. The summed E-state index contributed by atoms with van der Waals surface area (Å²) in [5.41, 5.74) is 1.30. The van der Waals surface area contributed by atoms with Crippen LogP contribution in [-0.4, -0.2) is 66.3 Å². The summed E-state index contributed by atoms with van der Waals surface area (Å²) >= 11 is 0. The molecule has 0 bridgehead atoms. The van der Waals surface area contributed by atoms with Gasteiger partial charge in [0.25, 0.3) is 5.91 Å². The SMILES string of the molecule is COc1cc(C(=O)NC2CCC(CO)C2)ccc1Nc1ncc2c(n1)N(C1CCCC1)CC(C)(C)C(=O)N2C. The summed E-state index contributed by atoms with van der Waals surface area (Å²) in [6.07, 6.45) is 8.82. The van der Waals surface area contributed by atoms with Gasteiger partial charge in [-0.15, -0.1) is 0 Å². The van der Waals surface area contributed by atoms with Gasteiger partial charge in [-0.3, -0.25) is 9.59 Å². The van der Waals surface area contributed by atoms with Crippen molar-refractivity contribution in [1.82, 2.24) is 15.3 Å². The lowest BCUT2D eigenvalue weighted by atomic mass is 9.91. The van der Waals surface area contributed by atoms with Crippen molar-refractivity contribution in [3.63, 3.8) is 0 Å². The molecule has 2 saturated carbocycles. The van der Waals surface area contributed by atoms with E-state index in [0.29, 0.717) is 41.2 Å². The minimum absolute atomic E-state index is 0.0496. The van der Waals surface area contributed by atoms with Gasteiger partial charge in [-0.25, -0.2) is 4.98 Å². The molecule has 2 atom stereocenters. The zero-order chi connectivity index (χ0) is 27.7. The number of benzene rings is 1. The van der Waals surface area contributed by atoms with Crippen LogP contribution < -0.4 is 25.2 Å². The molecule has 3 aliphatic rings. The van der Waals surface area contributed by atoms with Crippen LogP contribution in [0.5, 0.6) is 5.75 Å². The van der Waals surface area contributed by atoms with Gasteiger partial charge < -0.3 is 30.3 Å². The number of hydrogen-bond donors (Lipinski definition) is 3. The second-order valence-electron chi connectivity index (χ2n) is 11.8. The van der Waals surface area contributed by atoms with E-state index in [9.17, 15) is 14.7 Å². The zero-order valence-electron chi connectivity index (χ0n) is 23.4. The second-order valence-corrected chi connectivity index (χ2v) is 11.8. The quantitative estimate of drug-likeness (QED) is 0.488. The van der Waals surface area contributed by atoms with E-state index >= 15 is 0 Å². The number of carbonyl (C=O) groups is 2. The van der Waals surface area contributed by atoms with Gasteiger partial charge in [0, 0.05) is 37.8 Å². The molecule has 1 aromatic heterocycles. The molecule has 10 heteroatoms. The summed E-state index contributed by atoms with van der Waals surface area (Å²) in [5.74, 6) is 1.80. The average Bonchev–Trinajstić information content (AvgIpc) is 3.62. The fourth-order valence-corrected chi connectivity index (χ4v) is 6.22. The Bertz CT molecular complexity index is 1230. The van der Waals surface area contributed by atoms with E-state index in [1.54, 1.807) is 43.5 Å². The van der Waals surface area contributed by atoms with Gasteiger partial charge in [-0.1, -0.05) is 12.8 Å². The smallest absolute Gasteiger partial charge is 0.251 e. The Morgan fingerprint density at radius 1 is 1.21 bits per heavy atom. The molecule has 0 radical (unpaired) electrons. The third kappa shape index (κ3) is 5.52. The maximum absolute atomic E-state index is 13.2. The van der Waals surface area contributed by atoms with Crippen molar-refractivity contribution in [3.05, 3.63) is 30.0 Å². The maximum Gasteiger partial charge on any atom is 0.251 e. The van der Waals surface area contributed by atoms with E-state index in [-0.39, 0.29) is 30.4 Å². The van der Waals surface area contributed by atoms with Crippen molar-refractivity contribution in [3.8, 4) is 5.75 Å². The van der Waals surface area contributed by atoms with Crippen molar-refractivity contribution in [1.29, 1.82) is 0 Å². The molecule has 39 heavy (non-hydrogen) atoms. The van der Waals surface area contributed by atoms with Gasteiger partial charge in [-0.05, 0) is 70.1 Å². The van der Waals surface area contributed by atoms with E-state index < -0.39 is 5.41 Å². The predicted molar refractivity (Wildman–Crippen MR) is 151 cm³/mol. The monoisotopic (exact) mass is 536 g/mol. The van der Waals surface area contributed by atoms with E-state index in [1.807, 2.05) is 13.8 Å². The molecule has 2 fully saturated rings. The molecule has 10 nitrogen and oxygen atoms in total. The maximum atomic E-state index is 13.2. The van der Waals surface area contributed by atoms with Crippen molar-refractivity contribution in [2.75, 3.05) is 42.4 Å². The Hall–Kier alpha value is -3.40. The average molecular weight is 537 g/mol. The summed E-state index contributed by atoms with van der Waals surface area (Å²) < 4.78 is 5.61. The normalized spacial score (nSPS) is 22.9. The fraction of sp³-hybridized carbons (Fsp3) is 0.586. The molecule has 5 rings (SSSR count). The van der Waals surface area contributed by atoms with Gasteiger partial charge in [0.05, 0.1) is 24.4 Å². The predicted octanol–water partition coefficient (Wildman–Crippen LogP) is 3.87. The fourth-order valence-electron chi connectivity index (χ4n) is 6.22. The zero-order valence-corrected chi connectivity index (χ0v) is 23.4. The number of aromatic nitrogens is 2. The molecule has 0 spiro atoms. The number of anilines is 4. The summed E-state index contributed by atoms with van der Waals surface area (Å²) in [4.78, 5) is 39.6. The lowest BCUT2D eigenvalue weighted by Crippen LogP contribution is -2.45. The van der Waals surface area contributed by atoms with Crippen LogP contribution >= 0.6 is 0 Å². The number of rotatable bonds is 7. The molecule has 0 saturated heterocycles. The lowest BCUT2D eigenvalue weighted by molar-refractivity contribution is -0.125. The molecule has 2 unspecified atom stereocenters. The molecule has 2 aliphatic carbocycles. The topological polar surface area (TPSA) is 120 Å². The van der Waals surface area contributed by atoms with Gasteiger partial charge in [0.15, 0.2) is 5.82 Å². The Balaban J connectivity index is 1.39. The highest BCUT2D eigenvalue weighted by Gasteiger charge is 2.41. The first-order chi connectivity index (χ1) is 18.7. The molecule has 210 valence electrons. The van der Waals surface area contributed by atoms with Crippen LogP contribution in [-0.2, 0) is 4.79 Å². The number of aliphatic hydroxyl groups is 1. The molecule has 2 heterocycles. The number of methoxy groups -OCH3 is 1. The van der Waals surface area contributed by atoms with E-state index in [4.69, 9.17) is 9.72 Å². The van der Waals surface area contributed by atoms with Crippen molar-refractivity contribution >= 4 is 35.0 Å². The number of amides is 2. The van der Waals surface area contributed by atoms with Crippen LogP contribution in [0.25, 0.3) is 0 Å². The number of fused-ring (bicyclic) bond motifs is 1. The van der Waals surface area contributed by atoms with Gasteiger partial charge >= 0.3 is 0 Å². The summed E-state index contributed by atoms with van der Waals surface area (Å²) in [7, 11) is 3.35. The van der Waals surface area contributed by atoms with Crippen molar-refractivity contribution < 1.29 is 19.4 Å². The second kappa shape index (κ2) is 11.0. The van der Waals surface area contributed by atoms with Gasteiger partial charge in [-0.2, -0.15) is 4.98 Å². The van der Waals surface area contributed by atoms with Crippen LogP contribution in [0.1, 0.15) is 69.2 Å². The largest absolute Gasteiger partial charge is 0.495 e. The van der Waals surface area contributed by atoms with Gasteiger partial charge in [0.2, 0.25) is 11.9 Å². The highest BCUT2D eigenvalue weighted by molar-refractivity contribution is 6.01. The van der Waals surface area contributed by atoms with Crippen molar-refractivity contribution in [2.45, 2.75) is 70.9 Å². The number of nitrogens with one attached hydrogen (secondary N) is 2. The number of hydrogen-bond acceptors (Lipinski definition) is 8. The number of nitrogens with zero attached hydrogens (tertiary/aromatic N) is 4. The highest BCUT2D eigenvalue weighted by Crippen LogP contribution is 2.40. The third-order valence-electron chi connectivity index (χ3n) is 8.44. The Morgan fingerprint density at radius 3 is 2.67 bits per heavy atom. The van der Waals surface area contributed by atoms with Crippen LogP contribution in [0.4, 0.5) is 23.1 Å². The van der Waals surface area contributed by atoms with Crippen molar-refractivity contribution in [2.24, 2.45) is 11.3 Å². The summed E-state index contributed by atoms with van der Waals surface area (Å²) in [6.45, 7) is 4.74. The van der Waals surface area contributed by atoms with E-state index in [0.717, 1.165) is 37.9 Å². The minimum atomic E-state index is -0.553. The third-order valence-corrected chi connectivity index (χ3v) is 8.44. The molecular weight excluding hydrogens is 496 g/mol. The van der Waals surface area contributed by atoms with Crippen LogP contribution in [0.2, 0.25) is 0 Å². The van der Waals surface area contributed by atoms with Crippen LogP contribution in [0, 0.1) is 11.3 Å². The molecule has 1 aromatic carbocycles. The molecule has 3 N–H and O–H groups in total. The first-order valence-electron chi connectivity index (χ1n) is 14.0. The number of aliphatic hydroxyl groups excluding tert-OH is 1. The Morgan fingerprint density at radius 2 is 1.97 bits per heavy atom. The number of ether oxygens (including phenoxy) is 1. The number of carbonyl (C=O) groups excluding carboxylic acids is 2. The summed E-state index contributed by atoms with van der Waals surface area (Å²) in [5, 5.41) is 15.7. The molecule has 2 amide bonds. The molecular formula is C29H40N6O4. The Kier molecular flexibility index (Phi) is 7.66. The summed E-state index contributed by atoms with van der Waals surface area (Å²) in [6, 6.07) is 5.66. The lowest BCUT2D eigenvalue weighted by Gasteiger charge is -2.34. The highest BCUT2D eigenvalue weighted by atomic mass is 16.5. The molecule has 1 aliphatic heterocycles. The van der Waals surface area contributed by atoms with E-state index in [1.165, 1.54) is 12.8 Å². The minimum Gasteiger partial charge on any atom is -0.495 e. The van der Waals surface area contributed by atoms with E-state index in [2.05, 4.69) is 20.5 Å². The van der Waals surface area contributed by atoms with Crippen LogP contribution in [0.3, 0.4) is 0 Å². The standard InChI is InChI=1S/C29H40N6O4/c1-29(2)17-35(21-7-5-6-8-21)25-23(34(3)27(29)38)15-30-28(33-25)32-22-12-10-19(14-24(22)39-4)26(37)31-20-11-9-18(13-20)16-36/h10,12,14-15,18,20-21,36H,5-9,11,13,16-17H2,1-4H3,(H,31,37)(H,30,32,33). The Labute approximate surface area is 230 Å². The molecule has 2 aromatic rings. The first kappa shape index (κ1) is 27.2. The van der Waals surface area contributed by atoms with Crippen LogP contribution in [0.15, 0.2) is 24.4 Å².